The lowest BCUT2D eigenvalue weighted by Gasteiger charge is -2.07. The Bertz CT molecular complexity index is 613. The van der Waals surface area contributed by atoms with E-state index in [9.17, 15) is 14.5 Å². The largest absolute Gasteiger partial charge is 0.493 e. The van der Waals surface area contributed by atoms with Gasteiger partial charge in [-0.25, -0.2) is 4.39 Å². The summed E-state index contributed by atoms with van der Waals surface area (Å²) in [6.45, 7) is 0.237. The summed E-state index contributed by atoms with van der Waals surface area (Å²) in [7, 11) is 0. The predicted molar refractivity (Wildman–Crippen MR) is 76.4 cm³/mol. The van der Waals surface area contributed by atoms with Crippen molar-refractivity contribution in [2.24, 2.45) is 0 Å². The molecular formula is C14H11BrFNO3. The van der Waals surface area contributed by atoms with E-state index in [0.29, 0.717) is 22.2 Å². The van der Waals surface area contributed by atoms with Crippen LogP contribution in [0, 0.1) is 15.9 Å². The van der Waals surface area contributed by atoms with Gasteiger partial charge in [0.2, 0.25) is 0 Å². The summed E-state index contributed by atoms with van der Waals surface area (Å²) < 4.78 is 19.1. The second-order valence-electron chi connectivity index (χ2n) is 4.09. The quantitative estimate of drug-likeness (QED) is 0.608. The lowest BCUT2D eigenvalue weighted by molar-refractivity contribution is -0.385. The Hall–Kier alpha value is -1.95. The van der Waals surface area contributed by atoms with Crippen molar-refractivity contribution < 1.29 is 14.1 Å². The van der Waals surface area contributed by atoms with E-state index in [-0.39, 0.29) is 12.3 Å². The molecule has 20 heavy (non-hydrogen) atoms. The van der Waals surface area contributed by atoms with Gasteiger partial charge in [-0.15, -0.1) is 0 Å². The molecule has 0 atom stereocenters. The number of hydrogen-bond acceptors (Lipinski definition) is 3. The van der Waals surface area contributed by atoms with Gasteiger partial charge >= 0.3 is 0 Å². The van der Waals surface area contributed by atoms with E-state index in [4.69, 9.17) is 4.74 Å². The SMILES string of the molecule is O=[N+]([O-])c1ccccc1CCOc1cc(F)cc(Br)c1. The lowest BCUT2D eigenvalue weighted by Crippen LogP contribution is -2.04. The Kier molecular flexibility index (Phi) is 4.68. The van der Waals surface area contributed by atoms with Crippen molar-refractivity contribution in [1.82, 2.24) is 0 Å². The maximum atomic E-state index is 13.1. The minimum absolute atomic E-state index is 0.0662. The molecule has 2 aromatic carbocycles. The van der Waals surface area contributed by atoms with Crippen LogP contribution in [0.5, 0.6) is 5.75 Å². The highest BCUT2D eigenvalue weighted by Crippen LogP contribution is 2.22. The number of nitro groups is 1. The fraction of sp³-hybridized carbons (Fsp3) is 0.143. The van der Waals surface area contributed by atoms with Gasteiger partial charge in [0.25, 0.3) is 5.69 Å². The van der Waals surface area contributed by atoms with Crippen LogP contribution in [0.25, 0.3) is 0 Å². The van der Waals surface area contributed by atoms with Crippen LogP contribution in [0.2, 0.25) is 0 Å². The lowest BCUT2D eigenvalue weighted by atomic mass is 10.1. The first-order valence-corrected chi connectivity index (χ1v) is 6.67. The first-order valence-electron chi connectivity index (χ1n) is 5.87. The number of benzene rings is 2. The van der Waals surface area contributed by atoms with E-state index in [0.717, 1.165) is 0 Å². The van der Waals surface area contributed by atoms with Crippen molar-refractivity contribution in [3.05, 3.63) is 68.4 Å². The number of halogens is 2. The third-order valence-electron chi connectivity index (χ3n) is 2.66. The van der Waals surface area contributed by atoms with Gasteiger partial charge in [0, 0.05) is 28.6 Å². The van der Waals surface area contributed by atoms with Crippen molar-refractivity contribution in [3.63, 3.8) is 0 Å². The third kappa shape index (κ3) is 3.77. The molecule has 0 aliphatic heterocycles. The fourth-order valence-corrected chi connectivity index (χ4v) is 2.24. The van der Waals surface area contributed by atoms with Crippen molar-refractivity contribution in [1.29, 1.82) is 0 Å². The molecule has 2 rings (SSSR count). The molecule has 0 aromatic heterocycles. The third-order valence-corrected chi connectivity index (χ3v) is 3.12. The summed E-state index contributed by atoms with van der Waals surface area (Å²) in [4.78, 5) is 10.4. The normalized spacial score (nSPS) is 10.3. The van der Waals surface area contributed by atoms with Gasteiger partial charge in [-0.3, -0.25) is 10.1 Å². The van der Waals surface area contributed by atoms with Gasteiger partial charge in [-0.2, -0.15) is 0 Å². The number of hydrogen-bond donors (Lipinski definition) is 0. The maximum absolute atomic E-state index is 13.1. The summed E-state index contributed by atoms with van der Waals surface area (Å²) >= 11 is 3.17. The van der Waals surface area contributed by atoms with Gasteiger partial charge in [-0.05, 0) is 12.1 Å². The van der Waals surface area contributed by atoms with Crippen molar-refractivity contribution in [2.75, 3.05) is 6.61 Å². The first-order chi connectivity index (χ1) is 9.56. The van der Waals surface area contributed by atoms with Gasteiger partial charge in [0.05, 0.1) is 11.5 Å². The molecule has 0 heterocycles. The molecule has 0 amide bonds. The molecular weight excluding hydrogens is 329 g/mol. The number of nitro benzene ring substituents is 1. The van der Waals surface area contributed by atoms with Crippen LogP contribution >= 0.6 is 15.9 Å². The maximum Gasteiger partial charge on any atom is 0.272 e. The van der Waals surface area contributed by atoms with Crippen LogP contribution in [0.1, 0.15) is 5.56 Å². The Balaban J connectivity index is 2.01. The van der Waals surface area contributed by atoms with Crippen LogP contribution in [0.15, 0.2) is 46.9 Å². The van der Waals surface area contributed by atoms with Crippen molar-refractivity contribution >= 4 is 21.6 Å². The van der Waals surface area contributed by atoms with E-state index in [1.54, 1.807) is 24.3 Å². The van der Waals surface area contributed by atoms with Gasteiger partial charge in [0.15, 0.2) is 0 Å². The van der Waals surface area contributed by atoms with Crippen LogP contribution < -0.4 is 4.74 Å². The molecule has 0 fully saturated rings. The Labute approximate surface area is 123 Å². The zero-order valence-corrected chi connectivity index (χ0v) is 12.0. The first kappa shape index (κ1) is 14.5. The molecule has 0 aliphatic rings. The molecule has 4 nitrogen and oxygen atoms in total. The summed E-state index contributed by atoms with van der Waals surface area (Å²) in [5, 5.41) is 10.9. The second-order valence-corrected chi connectivity index (χ2v) is 5.01. The van der Waals surface area contributed by atoms with Crippen molar-refractivity contribution in [3.8, 4) is 5.75 Å². The molecule has 0 saturated heterocycles. The average molecular weight is 340 g/mol. The smallest absolute Gasteiger partial charge is 0.272 e. The van der Waals surface area contributed by atoms with Gasteiger partial charge < -0.3 is 4.74 Å². The predicted octanol–water partition coefficient (Wildman–Crippen LogP) is 4.12. The molecule has 2 aromatic rings. The minimum Gasteiger partial charge on any atom is -0.493 e. The number of para-hydroxylation sites is 1. The Morgan fingerprint density at radius 3 is 2.70 bits per heavy atom. The van der Waals surface area contributed by atoms with Crippen LogP contribution in [0.3, 0.4) is 0 Å². The van der Waals surface area contributed by atoms with Crippen LogP contribution in [-0.4, -0.2) is 11.5 Å². The highest BCUT2D eigenvalue weighted by atomic mass is 79.9. The molecule has 0 saturated carbocycles. The monoisotopic (exact) mass is 339 g/mol. The zero-order valence-electron chi connectivity index (χ0n) is 10.4. The van der Waals surface area contributed by atoms with Gasteiger partial charge in [0.1, 0.15) is 11.6 Å². The molecule has 0 aliphatic carbocycles. The van der Waals surface area contributed by atoms with Crippen LogP contribution in [0.4, 0.5) is 10.1 Å². The van der Waals surface area contributed by atoms with E-state index in [2.05, 4.69) is 15.9 Å². The van der Waals surface area contributed by atoms with E-state index < -0.39 is 10.7 Å². The molecule has 0 radical (unpaired) electrons. The molecule has 0 bridgehead atoms. The van der Waals surface area contributed by atoms with Gasteiger partial charge in [-0.1, -0.05) is 34.1 Å². The van der Waals surface area contributed by atoms with E-state index in [1.807, 2.05) is 0 Å². The van der Waals surface area contributed by atoms with Crippen LogP contribution in [-0.2, 0) is 6.42 Å². The summed E-state index contributed by atoms with van der Waals surface area (Å²) in [6, 6.07) is 10.7. The molecule has 6 heteroatoms. The summed E-state index contributed by atoms with van der Waals surface area (Å²) in [6.07, 6.45) is 0.380. The number of rotatable bonds is 5. The van der Waals surface area contributed by atoms with Crippen molar-refractivity contribution in [2.45, 2.75) is 6.42 Å². The molecule has 0 unspecified atom stereocenters. The standard InChI is InChI=1S/C14H11BrFNO3/c15-11-7-12(16)9-13(8-11)20-6-5-10-3-1-2-4-14(10)17(18)19/h1-4,7-9H,5-6H2. The number of ether oxygens (including phenoxy) is 1. The topological polar surface area (TPSA) is 52.4 Å². The summed E-state index contributed by atoms with van der Waals surface area (Å²) in [5.41, 5.74) is 0.657. The zero-order chi connectivity index (χ0) is 14.5. The highest BCUT2D eigenvalue weighted by Gasteiger charge is 2.12. The second kappa shape index (κ2) is 6.47. The molecule has 0 N–H and O–H groups in total. The fourth-order valence-electron chi connectivity index (χ4n) is 1.79. The Morgan fingerprint density at radius 1 is 1.25 bits per heavy atom. The Morgan fingerprint density at radius 2 is 2.00 bits per heavy atom. The van der Waals surface area contributed by atoms with E-state index in [1.165, 1.54) is 18.2 Å². The summed E-state index contributed by atoms with van der Waals surface area (Å²) in [5.74, 6) is -0.0180. The minimum atomic E-state index is -0.423. The highest BCUT2D eigenvalue weighted by molar-refractivity contribution is 9.10. The van der Waals surface area contributed by atoms with E-state index >= 15 is 0 Å². The molecule has 0 spiro atoms. The molecule has 104 valence electrons. The average Bonchev–Trinajstić information content (AvgIpc) is 2.38. The number of nitrogens with zero attached hydrogens (tertiary/aromatic N) is 1.